The Balaban J connectivity index is 1.71. The lowest BCUT2D eigenvalue weighted by molar-refractivity contribution is -0.114. The van der Waals surface area contributed by atoms with Crippen molar-refractivity contribution in [2.45, 2.75) is 19.9 Å². The fourth-order valence-corrected chi connectivity index (χ4v) is 3.02. The lowest BCUT2D eigenvalue weighted by Gasteiger charge is -2.16. The molecule has 0 fully saturated rings. The van der Waals surface area contributed by atoms with Crippen LogP contribution in [0.1, 0.15) is 46.2 Å². The number of rotatable bonds is 6. The SMILES string of the molecule is CC(=O)Nc1ccc(F)c(C(=O)NC(C)c2cccc(NC(=O)c3ccccc3)c2)c1. The maximum absolute atomic E-state index is 14.2. The van der Waals surface area contributed by atoms with Gasteiger partial charge in [0.1, 0.15) is 5.82 Å². The monoisotopic (exact) mass is 419 g/mol. The van der Waals surface area contributed by atoms with Crippen molar-refractivity contribution in [2.24, 2.45) is 0 Å². The molecule has 3 amide bonds. The van der Waals surface area contributed by atoms with E-state index in [2.05, 4.69) is 16.0 Å². The molecule has 0 aliphatic rings. The summed E-state index contributed by atoms with van der Waals surface area (Å²) in [6, 6.07) is 19.2. The molecule has 0 saturated heterocycles. The van der Waals surface area contributed by atoms with E-state index in [0.29, 0.717) is 16.9 Å². The second-order valence-electron chi connectivity index (χ2n) is 7.02. The average molecular weight is 419 g/mol. The Morgan fingerprint density at radius 3 is 2.23 bits per heavy atom. The standard InChI is InChI=1S/C24H22FN3O3/c1-15(26-24(31)21-14-20(27-16(2)29)11-12-22(21)25)18-9-6-10-19(13-18)28-23(30)17-7-4-3-5-8-17/h3-15H,1-2H3,(H,26,31)(H,27,29)(H,28,30). The molecule has 3 N–H and O–H groups in total. The number of anilines is 2. The summed E-state index contributed by atoms with van der Waals surface area (Å²) < 4.78 is 14.2. The molecule has 0 saturated carbocycles. The number of carbonyl (C=O) groups is 3. The van der Waals surface area contributed by atoms with Crippen LogP contribution in [0, 0.1) is 5.82 Å². The molecule has 0 spiro atoms. The lowest BCUT2D eigenvalue weighted by Crippen LogP contribution is -2.27. The van der Waals surface area contributed by atoms with Gasteiger partial charge in [-0.25, -0.2) is 4.39 Å². The molecule has 0 aliphatic heterocycles. The Bertz CT molecular complexity index is 1120. The van der Waals surface area contributed by atoms with Crippen LogP contribution in [-0.4, -0.2) is 17.7 Å². The van der Waals surface area contributed by atoms with Crippen LogP contribution < -0.4 is 16.0 Å². The molecule has 31 heavy (non-hydrogen) atoms. The summed E-state index contributed by atoms with van der Waals surface area (Å²) in [5.74, 6) is -1.87. The minimum atomic E-state index is -0.692. The highest BCUT2D eigenvalue weighted by Crippen LogP contribution is 2.20. The lowest BCUT2D eigenvalue weighted by atomic mass is 10.1. The fraction of sp³-hybridized carbons (Fsp3) is 0.125. The predicted molar refractivity (Wildman–Crippen MR) is 117 cm³/mol. The fourth-order valence-electron chi connectivity index (χ4n) is 3.02. The van der Waals surface area contributed by atoms with Gasteiger partial charge in [-0.2, -0.15) is 0 Å². The van der Waals surface area contributed by atoms with Gasteiger partial charge in [0.15, 0.2) is 0 Å². The highest BCUT2D eigenvalue weighted by atomic mass is 19.1. The van der Waals surface area contributed by atoms with Crippen molar-refractivity contribution in [3.63, 3.8) is 0 Å². The summed E-state index contributed by atoms with van der Waals surface area (Å²) in [5.41, 5.74) is 2.00. The summed E-state index contributed by atoms with van der Waals surface area (Å²) in [7, 11) is 0. The second kappa shape index (κ2) is 9.67. The topological polar surface area (TPSA) is 87.3 Å². The molecule has 7 heteroatoms. The molecular formula is C24H22FN3O3. The summed E-state index contributed by atoms with van der Waals surface area (Å²) in [4.78, 5) is 36.2. The van der Waals surface area contributed by atoms with Gasteiger partial charge in [0.2, 0.25) is 5.91 Å². The highest BCUT2D eigenvalue weighted by molar-refractivity contribution is 6.04. The summed E-state index contributed by atoms with van der Waals surface area (Å²) in [5, 5.41) is 8.09. The van der Waals surface area contributed by atoms with Gasteiger partial charge < -0.3 is 16.0 Å². The maximum atomic E-state index is 14.2. The molecule has 3 rings (SSSR count). The average Bonchev–Trinajstić information content (AvgIpc) is 2.75. The van der Waals surface area contributed by atoms with Crippen molar-refractivity contribution in [2.75, 3.05) is 10.6 Å². The number of halogens is 1. The van der Waals surface area contributed by atoms with Crippen molar-refractivity contribution in [3.8, 4) is 0 Å². The third kappa shape index (κ3) is 5.76. The van der Waals surface area contributed by atoms with Gasteiger partial charge >= 0.3 is 0 Å². The van der Waals surface area contributed by atoms with Crippen LogP contribution in [0.15, 0.2) is 72.8 Å². The van der Waals surface area contributed by atoms with E-state index in [1.807, 2.05) is 6.07 Å². The summed E-state index contributed by atoms with van der Waals surface area (Å²) >= 11 is 0. The molecule has 0 aliphatic carbocycles. The molecule has 6 nitrogen and oxygen atoms in total. The van der Waals surface area contributed by atoms with Gasteiger partial charge in [-0.1, -0.05) is 30.3 Å². The Morgan fingerprint density at radius 2 is 1.52 bits per heavy atom. The van der Waals surface area contributed by atoms with Crippen LogP contribution >= 0.6 is 0 Å². The first-order valence-corrected chi connectivity index (χ1v) is 9.68. The number of hydrogen-bond acceptors (Lipinski definition) is 3. The summed E-state index contributed by atoms with van der Waals surface area (Å²) in [6.45, 7) is 3.08. The Hall–Kier alpha value is -4.00. The molecule has 3 aromatic carbocycles. The first-order valence-electron chi connectivity index (χ1n) is 9.68. The molecular weight excluding hydrogens is 397 g/mol. The number of carbonyl (C=O) groups excluding carboxylic acids is 3. The van der Waals surface area contributed by atoms with Gasteiger partial charge in [0.05, 0.1) is 11.6 Å². The first-order chi connectivity index (χ1) is 14.8. The smallest absolute Gasteiger partial charge is 0.255 e. The Kier molecular flexibility index (Phi) is 6.77. The van der Waals surface area contributed by atoms with Gasteiger partial charge in [-0.15, -0.1) is 0 Å². The van der Waals surface area contributed by atoms with Crippen LogP contribution in [-0.2, 0) is 4.79 Å². The van der Waals surface area contributed by atoms with Gasteiger partial charge in [0.25, 0.3) is 11.8 Å². The highest BCUT2D eigenvalue weighted by Gasteiger charge is 2.17. The number of amides is 3. The quantitative estimate of drug-likeness (QED) is 0.549. The van der Waals surface area contributed by atoms with Crippen molar-refractivity contribution in [1.82, 2.24) is 5.32 Å². The molecule has 158 valence electrons. The predicted octanol–water partition coefficient (Wildman–Crippen LogP) is 4.53. The minimum Gasteiger partial charge on any atom is -0.345 e. The first kappa shape index (κ1) is 21.7. The van der Waals surface area contributed by atoms with E-state index in [1.165, 1.54) is 19.1 Å². The van der Waals surface area contributed by atoms with Crippen molar-refractivity contribution in [3.05, 3.63) is 95.3 Å². The van der Waals surface area contributed by atoms with Gasteiger partial charge in [-0.3, -0.25) is 14.4 Å². The van der Waals surface area contributed by atoms with Gasteiger partial charge in [-0.05, 0) is 55.0 Å². The molecule has 3 aromatic rings. The zero-order valence-electron chi connectivity index (χ0n) is 17.1. The second-order valence-corrected chi connectivity index (χ2v) is 7.02. The van der Waals surface area contributed by atoms with Crippen LogP contribution in [0.25, 0.3) is 0 Å². The van der Waals surface area contributed by atoms with E-state index in [-0.39, 0.29) is 17.4 Å². The molecule has 1 atom stereocenters. The summed E-state index contributed by atoms with van der Waals surface area (Å²) in [6.07, 6.45) is 0. The van der Waals surface area contributed by atoms with E-state index >= 15 is 0 Å². The van der Waals surface area contributed by atoms with Crippen LogP contribution in [0.3, 0.4) is 0 Å². The van der Waals surface area contributed by atoms with Crippen LogP contribution in [0.2, 0.25) is 0 Å². The van der Waals surface area contributed by atoms with Gasteiger partial charge in [0, 0.05) is 23.9 Å². The molecule has 0 heterocycles. The molecule has 0 aromatic heterocycles. The molecule has 0 bridgehead atoms. The maximum Gasteiger partial charge on any atom is 0.255 e. The van der Waals surface area contributed by atoms with Crippen molar-refractivity contribution >= 4 is 29.1 Å². The van der Waals surface area contributed by atoms with E-state index in [0.717, 1.165) is 11.6 Å². The number of hydrogen-bond donors (Lipinski definition) is 3. The normalized spacial score (nSPS) is 11.3. The minimum absolute atomic E-state index is 0.174. The molecule has 0 radical (unpaired) electrons. The van der Waals surface area contributed by atoms with Crippen molar-refractivity contribution < 1.29 is 18.8 Å². The van der Waals surface area contributed by atoms with E-state index in [4.69, 9.17) is 0 Å². The van der Waals surface area contributed by atoms with E-state index in [1.54, 1.807) is 55.5 Å². The van der Waals surface area contributed by atoms with Crippen LogP contribution in [0.4, 0.5) is 15.8 Å². The Labute approximate surface area is 179 Å². The zero-order valence-corrected chi connectivity index (χ0v) is 17.1. The van der Waals surface area contributed by atoms with Crippen molar-refractivity contribution in [1.29, 1.82) is 0 Å². The Morgan fingerprint density at radius 1 is 0.806 bits per heavy atom. The van der Waals surface area contributed by atoms with Crippen LogP contribution in [0.5, 0.6) is 0 Å². The largest absolute Gasteiger partial charge is 0.345 e. The van der Waals surface area contributed by atoms with E-state index < -0.39 is 17.8 Å². The third-order valence-corrected chi connectivity index (χ3v) is 4.56. The number of benzene rings is 3. The third-order valence-electron chi connectivity index (χ3n) is 4.56. The number of nitrogens with one attached hydrogen (secondary N) is 3. The molecule has 1 unspecified atom stereocenters. The zero-order chi connectivity index (χ0) is 22.4. The van der Waals surface area contributed by atoms with E-state index in [9.17, 15) is 18.8 Å².